The molecule has 0 aromatic heterocycles. The fourth-order valence-electron chi connectivity index (χ4n) is 1.84. The Morgan fingerprint density at radius 3 is 2.65 bits per heavy atom. The summed E-state index contributed by atoms with van der Waals surface area (Å²) in [4.78, 5) is 11.3. The van der Waals surface area contributed by atoms with Gasteiger partial charge in [0.1, 0.15) is 6.10 Å². The molecule has 6 nitrogen and oxygen atoms in total. The maximum atomic E-state index is 11.3. The van der Waals surface area contributed by atoms with E-state index < -0.39 is 16.5 Å². The summed E-state index contributed by atoms with van der Waals surface area (Å²) in [5.74, 6) is -0.703. The summed E-state index contributed by atoms with van der Waals surface area (Å²) in [6.07, 6.45) is 8.53. The fourth-order valence-corrected chi connectivity index (χ4v) is 2.32. The standard InChI is InChI=1S/C10H11NO5S/c12-10-6-5-9(16-17(13,14)15)7-3-1-2-4-8(7)11-10/h1-9H,(H,11,12)(H,13,14,15). The third-order valence-corrected chi connectivity index (χ3v) is 3.00. The number of allylic oxidation sites excluding steroid dienone is 2. The Hall–Kier alpha value is -1.44. The Kier molecular flexibility index (Phi) is 3.14. The lowest BCUT2D eigenvalue weighted by Crippen LogP contribution is -2.41. The Balaban J connectivity index is 2.28. The van der Waals surface area contributed by atoms with Crippen molar-refractivity contribution in [1.82, 2.24) is 5.32 Å². The van der Waals surface area contributed by atoms with Gasteiger partial charge >= 0.3 is 10.4 Å². The second-order valence-corrected chi connectivity index (χ2v) is 4.78. The fraction of sp³-hybridized carbons (Fsp3) is 0.300. The minimum absolute atomic E-state index is 0.332. The molecule has 0 fully saturated rings. The number of hydrogen-bond donors (Lipinski definition) is 2. The topological polar surface area (TPSA) is 92.7 Å². The third-order valence-electron chi connectivity index (χ3n) is 2.54. The second-order valence-electron chi connectivity index (χ2n) is 3.73. The highest BCUT2D eigenvalue weighted by molar-refractivity contribution is 7.80. The highest BCUT2D eigenvalue weighted by atomic mass is 32.3. The molecule has 3 atom stereocenters. The molecule has 0 spiro atoms. The van der Waals surface area contributed by atoms with E-state index in [-0.39, 0.29) is 17.9 Å². The lowest BCUT2D eigenvalue weighted by molar-refractivity contribution is -0.116. The zero-order valence-corrected chi connectivity index (χ0v) is 9.50. The number of rotatable bonds is 2. The Bertz CT molecular complexity index is 505. The smallest absolute Gasteiger partial charge is 0.346 e. The SMILES string of the molecule is O=C1C=CC(OS(=O)(=O)O)C2C=CC=CC2N1. The van der Waals surface area contributed by atoms with Crippen LogP contribution in [0.3, 0.4) is 0 Å². The van der Waals surface area contributed by atoms with E-state index in [0.29, 0.717) is 0 Å². The van der Waals surface area contributed by atoms with E-state index in [1.54, 1.807) is 24.3 Å². The molecule has 0 bridgehead atoms. The summed E-state index contributed by atoms with van der Waals surface area (Å²) < 4.78 is 34.7. The molecule has 1 aliphatic carbocycles. The minimum atomic E-state index is -4.56. The number of carbonyl (C=O) groups excluding carboxylic acids is 1. The van der Waals surface area contributed by atoms with Crippen LogP contribution in [0.15, 0.2) is 36.5 Å². The van der Waals surface area contributed by atoms with Gasteiger partial charge < -0.3 is 5.32 Å². The summed E-state index contributed by atoms with van der Waals surface area (Å²) >= 11 is 0. The number of fused-ring (bicyclic) bond motifs is 1. The minimum Gasteiger partial charge on any atom is -0.346 e. The first-order chi connectivity index (χ1) is 7.96. The van der Waals surface area contributed by atoms with Crippen LogP contribution in [0.2, 0.25) is 0 Å². The van der Waals surface area contributed by atoms with E-state index in [1.165, 1.54) is 12.2 Å². The summed E-state index contributed by atoms with van der Waals surface area (Å²) in [6, 6.07) is -0.353. The molecular weight excluding hydrogens is 246 g/mol. The molecule has 0 saturated carbocycles. The highest BCUT2D eigenvalue weighted by Gasteiger charge is 2.32. The normalized spacial score (nSPS) is 31.8. The molecule has 1 heterocycles. The Morgan fingerprint density at radius 2 is 1.94 bits per heavy atom. The van der Waals surface area contributed by atoms with Crippen LogP contribution in [-0.2, 0) is 19.4 Å². The number of nitrogens with one attached hydrogen (secondary N) is 1. The van der Waals surface area contributed by atoms with Gasteiger partial charge in [-0.05, 0) is 6.08 Å². The summed E-state index contributed by atoms with van der Waals surface area (Å²) in [5, 5.41) is 2.68. The van der Waals surface area contributed by atoms with E-state index in [9.17, 15) is 13.2 Å². The second kappa shape index (κ2) is 4.44. The number of hydrogen-bond acceptors (Lipinski definition) is 4. The van der Waals surface area contributed by atoms with Gasteiger partial charge in [0.15, 0.2) is 0 Å². The van der Waals surface area contributed by atoms with Crippen molar-refractivity contribution in [1.29, 1.82) is 0 Å². The highest BCUT2D eigenvalue weighted by Crippen LogP contribution is 2.23. The van der Waals surface area contributed by atoms with Gasteiger partial charge in [-0.3, -0.25) is 9.35 Å². The van der Waals surface area contributed by atoms with Gasteiger partial charge in [0.2, 0.25) is 5.91 Å². The molecule has 7 heteroatoms. The molecule has 0 aromatic carbocycles. The van der Waals surface area contributed by atoms with Gasteiger partial charge in [-0.25, -0.2) is 4.18 Å². The van der Waals surface area contributed by atoms with Crippen LogP contribution in [0, 0.1) is 5.92 Å². The van der Waals surface area contributed by atoms with Crippen molar-refractivity contribution in [3.05, 3.63) is 36.5 Å². The molecule has 17 heavy (non-hydrogen) atoms. The molecule has 0 saturated heterocycles. The van der Waals surface area contributed by atoms with Crippen molar-refractivity contribution in [2.45, 2.75) is 12.1 Å². The predicted octanol–water partition coefficient (Wildman–Crippen LogP) is -0.0288. The molecular formula is C10H11NO5S. The zero-order valence-electron chi connectivity index (χ0n) is 8.68. The predicted molar refractivity (Wildman–Crippen MR) is 59.3 cm³/mol. The first-order valence-corrected chi connectivity index (χ1v) is 6.31. The van der Waals surface area contributed by atoms with Crippen LogP contribution >= 0.6 is 0 Å². The zero-order chi connectivity index (χ0) is 12.5. The number of carbonyl (C=O) groups is 1. The third kappa shape index (κ3) is 3.02. The molecule has 1 amide bonds. The van der Waals surface area contributed by atoms with Gasteiger partial charge in [-0.1, -0.05) is 24.3 Å². The molecule has 2 rings (SSSR count). The molecule has 0 radical (unpaired) electrons. The van der Waals surface area contributed by atoms with Crippen molar-refractivity contribution < 1.29 is 21.9 Å². The summed E-state index contributed by atoms with van der Waals surface area (Å²) in [6.45, 7) is 0. The first kappa shape index (κ1) is 12.0. The van der Waals surface area contributed by atoms with Crippen molar-refractivity contribution in [2.24, 2.45) is 5.92 Å². The lowest BCUT2D eigenvalue weighted by Gasteiger charge is -2.27. The monoisotopic (exact) mass is 257 g/mol. The lowest BCUT2D eigenvalue weighted by atomic mass is 9.90. The van der Waals surface area contributed by atoms with Crippen molar-refractivity contribution >= 4 is 16.3 Å². The van der Waals surface area contributed by atoms with Gasteiger partial charge in [0, 0.05) is 12.0 Å². The molecule has 92 valence electrons. The van der Waals surface area contributed by atoms with Crippen LogP contribution in [0.4, 0.5) is 0 Å². The molecule has 3 unspecified atom stereocenters. The van der Waals surface area contributed by atoms with E-state index in [4.69, 9.17) is 4.55 Å². The van der Waals surface area contributed by atoms with Crippen LogP contribution in [-0.4, -0.2) is 31.0 Å². The van der Waals surface area contributed by atoms with E-state index in [1.807, 2.05) is 0 Å². The van der Waals surface area contributed by atoms with Crippen LogP contribution in [0.5, 0.6) is 0 Å². The van der Waals surface area contributed by atoms with E-state index in [2.05, 4.69) is 9.50 Å². The Morgan fingerprint density at radius 1 is 1.24 bits per heavy atom. The van der Waals surface area contributed by atoms with E-state index in [0.717, 1.165) is 0 Å². The molecule has 0 aromatic rings. The summed E-state index contributed by atoms with van der Waals surface area (Å²) in [5.41, 5.74) is 0. The quantitative estimate of drug-likeness (QED) is 0.678. The van der Waals surface area contributed by atoms with Crippen LogP contribution in [0.1, 0.15) is 0 Å². The van der Waals surface area contributed by atoms with E-state index >= 15 is 0 Å². The maximum absolute atomic E-state index is 11.3. The Labute approximate surface area is 98.6 Å². The molecule has 2 N–H and O–H groups in total. The van der Waals surface area contributed by atoms with Crippen molar-refractivity contribution in [3.63, 3.8) is 0 Å². The average molecular weight is 257 g/mol. The van der Waals surface area contributed by atoms with Gasteiger partial charge in [0.25, 0.3) is 0 Å². The number of amides is 1. The van der Waals surface area contributed by atoms with Crippen molar-refractivity contribution in [2.75, 3.05) is 0 Å². The van der Waals surface area contributed by atoms with Gasteiger partial charge in [-0.15, -0.1) is 0 Å². The summed E-state index contributed by atoms with van der Waals surface area (Å²) in [7, 11) is -4.56. The molecule has 2 aliphatic rings. The average Bonchev–Trinajstić information content (AvgIpc) is 2.37. The van der Waals surface area contributed by atoms with Crippen LogP contribution in [0.25, 0.3) is 0 Å². The first-order valence-electron chi connectivity index (χ1n) is 4.95. The maximum Gasteiger partial charge on any atom is 0.397 e. The molecule has 1 aliphatic heterocycles. The van der Waals surface area contributed by atoms with Crippen molar-refractivity contribution in [3.8, 4) is 0 Å². The largest absolute Gasteiger partial charge is 0.397 e. The van der Waals surface area contributed by atoms with Gasteiger partial charge in [-0.2, -0.15) is 8.42 Å². The van der Waals surface area contributed by atoms with Gasteiger partial charge in [0.05, 0.1) is 6.04 Å². The van der Waals surface area contributed by atoms with Crippen LogP contribution < -0.4 is 5.32 Å².